The lowest BCUT2D eigenvalue weighted by Gasteiger charge is -2.23. The smallest absolute Gasteiger partial charge is 0.234 e. The Hall–Kier alpha value is -3.10. The molecule has 1 aliphatic heterocycles. The number of fused-ring (bicyclic) bond motifs is 1. The zero-order valence-corrected chi connectivity index (χ0v) is 19.4. The number of amides is 2. The maximum Gasteiger partial charge on any atom is 0.234 e. The Morgan fingerprint density at radius 2 is 1.94 bits per heavy atom. The maximum atomic E-state index is 13.7. The number of benzene rings is 2. The Morgan fingerprint density at radius 3 is 2.72 bits per heavy atom. The number of pyridine rings is 1. The van der Waals surface area contributed by atoms with Crippen molar-refractivity contribution in [3.63, 3.8) is 0 Å². The normalized spacial score (nSPS) is 16.0. The lowest BCUT2D eigenvalue weighted by atomic mass is 10.1. The Labute approximate surface area is 197 Å². The van der Waals surface area contributed by atoms with Crippen LogP contribution in [0.1, 0.15) is 12.1 Å². The van der Waals surface area contributed by atoms with Gasteiger partial charge in [-0.25, -0.2) is 4.98 Å². The molecule has 1 atom stereocenters. The Bertz CT molecular complexity index is 1280. The lowest BCUT2D eigenvalue weighted by Crippen LogP contribution is -2.37. The van der Waals surface area contributed by atoms with E-state index in [1.165, 1.54) is 11.3 Å². The monoisotopic (exact) mass is 506 g/mol. The SMILES string of the molecule is O=C1CC(C(=O)N(Cc2ccccn2)c2nc3ccc(Br)cc3s2)CN1c1ccccc1. The minimum absolute atomic E-state index is 0.0411. The summed E-state index contributed by atoms with van der Waals surface area (Å²) in [5.41, 5.74) is 2.42. The number of carbonyl (C=O) groups excluding carboxylic acids is 2. The molecular formula is C24H19BrN4O2S. The molecule has 5 rings (SSSR count). The molecule has 2 amide bonds. The van der Waals surface area contributed by atoms with E-state index in [4.69, 9.17) is 4.98 Å². The van der Waals surface area contributed by atoms with Crippen molar-refractivity contribution in [2.45, 2.75) is 13.0 Å². The molecule has 2 aromatic heterocycles. The summed E-state index contributed by atoms with van der Waals surface area (Å²) in [4.78, 5) is 38.9. The van der Waals surface area contributed by atoms with Gasteiger partial charge in [0.05, 0.1) is 28.4 Å². The van der Waals surface area contributed by atoms with Crippen molar-refractivity contribution < 1.29 is 9.59 Å². The summed E-state index contributed by atoms with van der Waals surface area (Å²) in [5, 5.41) is 0.611. The molecule has 160 valence electrons. The molecule has 0 aliphatic carbocycles. The fourth-order valence-electron chi connectivity index (χ4n) is 3.85. The van der Waals surface area contributed by atoms with E-state index in [2.05, 4.69) is 20.9 Å². The van der Waals surface area contributed by atoms with Gasteiger partial charge in [-0.2, -0.15) is 0 Å². The fraction of sp³-hybridized carbons (Fsp3) is 0.167. The fourth-order valence-corrected chi connectivity index (χ4v) is 5.37. The average Bonchev–Trinajstić information content (AvgIpc) is 3.41. The van der Waals surface area contributed by atoms with Gasteiger partial charge >= 0.3 is 0 Å². The van der Waals surface area contributed by atoms with Crippen molar-refractivity contribution in [3.8, 4) is 0 Å². The molecule has 0 N–H and O–H groups in total. The molecule has 0 bridgehead atoms. The second kappa shape index (κ2) is 8.80. The van der Waals surface area contributed by atoms with Gasteiger partial charge in [0.25, 0.3) is 0 Å². The highest BCUT2D eigenvalue weighted by Crippen LogP contribution is 2.34. The number of thiazole rings is 1. The second-order valence-electron chi connectivity index (χ2n) is 7.59. The van der Waals surface area contributed by atoms with E-state index in [1.807, 2.05) is 66.7 Å². The molecule has 2 aromatic carbocycles. The van der Waals surface area contributed by atoms with Crippen LogP contribution < -0.4 is 9.80 Å². The van der Waals surface area contributed by atoms with Crippen molar-refractivity contribution >= 4 is 60.1 Å². The predicted molar refractivity (Wildman–Crippen MR) is 130 cm³/mol. The largest absolute Gasteiger partial charge is 0.312 e. The van der Waals surface area contributed by atoms with Crippen LogP contribution in [-0.2, 0) is 16.1 Å². The maximum absolute atomic E-state index is 13.7. The predicted octanol–water partition coefficient (Wildman–Crippen LogP) is 5.04. The topological polar surface area (TPSA) is 66.4 Å². The van der Waals surface area contributed by atoms with Crippen LogP contribution >= 0.6 is 27.3 Å². The molecule has 4 aromatic rings. The van der Waals surface area contributed by atoms with E-state index in [1.54, 1.807) is 16.0 Å². The van der Waals surface area contributed by atoms with Crippen LogP contribution in [0.15, 0.2) is 77.4 Å². The van der Waals surface area contributed by atoms with Crippen LogP contribution in [0, 0.1) is 5.92 Å². The molecular weight excluding hydrogens is 488 g/mol. The van der Waals surface area contributed by atoms with Gasteiger partial charge in [0.15, 0.2) is 5.13 Å². The van der Waals surface area contributed by atoms with E-state index >= 15 is 0 Å². The zero-order valence-electron chi connectivity index (χ0n) is 17.0. The van der Waals surface area contributed by atoms with Crippen LogP contribution in [0.3, 0.4) is 0 Å². The Balaban J connectivity index is 1.47. The van der Waals surface area contributed by atoms with Crippen LogP contribution in [0.4, 0.5) is 10.8 Å². The van der Waals surface area contributed by atoms with Crippen molar-refractivity contribution in [1.29, 1.82) is 0 Å². The van der Waals surface area contributed by atoms with E-state index < -0.39 is 5.92 Å². The first kappa shape index (κ1) is 20.8. The summed E-state index contributed by atoms with van der Waals surface area (Å²) in [6, 6.07) is 21.0. The Kier molecular flexibility index (Phi) is 5.71. The lowest BCUT2D eigenvalue weighted by molar-refractivity contribution is -0.124. The van der Waals surface area contributed by atoms with Crippen LogP contribution in [0.2, 0.25) is 0 Å². The number of halogens is 1. The molecule has 1 saturated heterocycles. The molecule has 0 saturated carbocycles. The van der Waals surface area contributed by atoms with Gasteiger partial charge in [0.2, 0.25) is 11.8 Å². The minimum Gasteiger partial charge on any atom is -0.312 e. The third kappa shape index (κ3) is 4.16. The standard InChI is InChI=1S/C24H19BrN4O2S/c25-17-9-10-20-21(13-17)32-24(27-20)29(15-18-6-4-5-11-26-18)23(31)16-12-22(30)28(14-16)19-7-2-1-3-8-19/h1-11,13,16H,12,14-15H2. The van der Waals surface area contributed by atoms with Gasteiger partial charge in [-0.05, 0) is 42.5 Å². The number of para-hydroxylation sites is 1. The summed E-state index contributed by atoms with van der Waals surface area (Å²) in [6.45, 7) is 0.660. The number of hydrogen-bond acceptors (Lipinski definition) is 5. The molecule has 6 nitrogen and oxygen atoms in total. The number of aromatic nitrogens is 2. The second-order valence-corrected chi connectivity index (χ2v) is 9.52. The van der Waals surface area contributed by atoms with Gasteiger partial charge in [0.1, 0.15) is 0 Å². The highest BCUT2D eigenvalue weighted by molar-refractivity contribution is 9.10. The number of nitrogens with zero attached hydrogens (tertiary/aromatic N) is 4. The van der Waals surface area contributed by atoms with Crippen molar-refractivity contribution in [2.75, 3.05) is 16.3 Å². The summed E-state index contributed by atoms with van der Waals surface area (Å²) in [5.74, 6) is -0.591. The molecule has 1 unspecified atom stereocenters. The van der Waals surface area contributed by atoms with Gasteiger partial charge in [-0.15, -0.1) is 0 Å². The van der Waals surface area contributed by atoms with Crippen molar-refractivity contribution in [1.82, 2.24) is 9.97 Å². The van der Waals surface area contributed by atoms with E-state index in [0.29, 0.717) is 18.2 Å². The van der Waals surface area contributed by atoms with E-state index in [0.717, 1.165) is 26.1 Å². The molecule has 1 aliphatic rings. The molecule has 32 heavy (non-hydrogen) atoms. The van der Waals surface area contributed by atoms with Gasteiger partial charge in [0, 0.05) is 29.3 Å². The first-order valence-electron chi connectivity index (χ1n) is 10.2. The van der Waals surface area contributed by atoms with E-state index in [-0.39, 0.29) is 18.2 Å². The van der Waals surface area contributed by atoms with Crippen molar-refractivity contribution in [3.05, 3.63) is 83.1 Å². The quantitative estimate of drug-likeness (QED) is 0.380. The van der Waals surface area contributed by atoms with Crippen LogP contribution in [-0.4, -0.2) is 28.3 Å². The number of anilines is 2. The molecule has 1 fully saturated rings. The summed E-state index contributed by atoms with van der Waals surface area (Å²) in [6.07, 6.45) is 1.90. The highest BCUT2D eigenvalue weighted by Gasteiger charge is 2.38. The van der Waals surface area contributed by atoms with Crippen molar-refractivity contribution in [2.24, 2.45) is 5.92 Å². The molecule has 0 spiro atoms. The zero-order chi connectivity index (χ0) is 22.1. The summed E-state index contributed by atoms with van der Waals surface area (Å²) < 4.78 is 1.95. The molecule has 3 heterocycles. The minimum atomic E-state index is -0.440. The first-order chi connectivity index (χ1) is 15.6. The number of carbonyl (C=O) groups is 2. The third-order valence-electron chi connectivity index (χ3n) is 5.42. The van der Waals surface area contributed by atoms with Gasteiger partial charge in [-0.3, -0.25) is 19.5 Å². The molecule has 8 heteroatoms. The van der Waals surface area contributed by atoms with Crippen LogP contribution in [0.25, 0.3) is 10.2 Å². The number of rotatable bonds is 5. The number of hydrogen-bond donors (Lipinski definition) is 0. The summed E-state index contributed by atoms with van der Waals surface area (Å²) >= 11 is 4.96. The third-order valence-corrected chi connectivity index (χ3v) is 6.96. The first-order valence-corrected chi connectivity index (χ1v) is 11.8. The highest BCUT2D eigenvalue weighted by atomic mass is 79.9. The summed E-state index contributed by atoms with van der Waals surface area (Å²) in [7, 11) is 0. The van der Waals surface area contributed by atoms with Crippen LogP contribution in [0.5, 0.6) is 0 Å². The van der Waals surface area contributed by atoms with Gasteiger partial charge in [-0.1, -0.05) is 51.5 Å². The average molecular weight is 507 g/mol. The Morgan fingerprint density at radius 1 is 1.12 bits per heavy atom. The van der Waals surface area contributed by atoms with Gasteiger partial charge < -0.3 is 4.90 Å². The van der Waals surface area contributed by atoms with E-state index in [9.17, 15) is 9.59 Å². The molecule has 0 radical (unpaired) electrons.